The van der Waals surface area contributed by atoms with Gasteiger partial charge < -0.3 is 5.32 Å². The Morgan fingerprint density at radius 2 is 1.95 bits per heavy atom. The number of nitrogens with one attached hydrogen (secondary N) is 1. The maximum Gasteiger partial charge on any atom is 0.258 e. The van der Waals surface area contributed by atoms with Crippen LogP contribution < -0.4 is 5.32 Å². The van der Waals surface area contributed by atoms with Crippen molar-refractivity contribution in [3.05, 3.63) is 75.9 Å². The van der Waals surface area contributed by atoms with Gasteiger partial charge in [-0.15, -0.1) is 0 Å². The van der Waals surface area contributed by atoms with Gasteiger partial charge in [0.15, 0.2) is 5.82 Å². The molecule has 0 aliphatic carbocycles. The summed E-state index contributed by atoms with van der Waals surface area (Å²) in [5.41, 5.74) is 1.38. The van der Waals surface area contributed by atoms with Crippen LogP contribution in [-0.4, -0.2) is 15.7 Å². The monoisotopic (exact) mass is 375 g/mol. The summed E-state index contributed by atoms with van der Waals surface area (Å²) < 4.78 is 2.39. The molecule has 6 heteroatoms. The molecule has 0 radical (unpaired) electrons. The number of rotatable bonds is 3. The quantitative estimate of drug-likeness (QED) is 0.729. The Balaban J connectivity index is 1.80. The third-order valence-electron chi connectivity index (χ3n) is 3.02. The predicted molar refractivity (Wildman–Crippen MR) is 90.7 cm³/mol. The van der Waals surface area contributed by atoms with Gasteiger partial charge in [0.2, 0.25) is 0 Å². The van der Waals surface area contributed by atoms with Crippen LogP contribution in [0, 0.1) is 0 Å². The number of benzene rings is 2. The molecule has 0 aliphatic rings. The number of anilines is 1. The highest BCUT2D eigenvalue weighted by Crippen LogP contribution is 2.18. The fraction of sp³-hybridized carbons (Fsp3) is 0. The topological polar surface area (TPSA) is 46.9 Å². The van der Waals surface area contributed by atoms with Crippen LogP contribution in [-0.2, 0) is 0 Å². The van der Waals surface area contributed by atoms with Gasteiger partial charge >= 0.3 is 0 Å². The molecule has 1 aromatic heterocycles. The van der Waals surface area contributed by atoms with Crippen LogP contribution in [0.2, 0.25) is 5.02 Å². The van der Waals surface area contributed by atoms with E-state index >= 15 is 0 Å². The normalized spacial score (nSPS) is 10.5. The molecule has 1 amide bonds. The fourth-order valence-corrected chi connectivity index (χ4v) is 2.63. The van der Waals surface area contributed by atoms with E-state index in [2.05, 4.69) is 26.3 Å². The number of carbonyl (C=O) groups is 1. The summed E-state index contributed by atoms with van der Waals surface area (Å²) in [6.07, 6.45) is 1.77. The fourth-order valence-electron chi connectivity index (χ4n) is 1.98. The number of aromatic nitrogens is 2. The first-order valence-electron chi connectivity index (χ1n) is 6.51. The van der Waals surface area contributed by atoms with Crippen LogP contribution in [0.1, 0.15) is 10.4 Å². The minimum atomic E-state index is -0.219. The van der Waals surface area contributed by atoms with Crippen molar-refractivity contribution in [3.63, 3.8) is 0 Å². The van der Waals surface area contributed by atoms with E-state index in [1.165, 1.54) is 0 Å². The van der Waals surface area contributed by atoms with Crippen molar-refractivity contribution in [3.8, 4) is 5.69 Å². The zero-order valence-corrected chi connectivity index (χ0v) is 13.7. The molecular formula is C16H11BrClN3O. The first-order chi connectivity index (χ1) is 10.6. The Morgan fingerprint density at radius 1 is 1.14 bits per heavy atom. The van der Waals surface area contributed by atoms with Gasteiger partial charge in [-0.25, -0.2) is 4.68 Å². The molecule has 2 aromatic carbocycles. The van der Waals surface area contributed by atoms with E-state index in [1.807, 2.05) is 30.3 Å². The maximum absolute atomic E-state index is 12.2. The third kappa shape index (κ3) is 3.21. The second-order valence-electron chi connectivity index (χ2n) is 4.56. The highest BCUT2D eigenvalue weighted by atomic mass is 79.9. The third-order valence-corrected chi connectivity index (χ3v) is 3.95. The van der Waals surface area contributed by atoms with Gasteiger partial charge in [-0.2, -0.15) is 5.10 Å². The van der Waals surface area contributed by atoms with E-state index in [0.29, 0.717) is 16.4 Å². The van der Waals surface area contributed by atoms with Crippen molar-refractivity contribution in [1.82, 2.24) is 9.78 Å². The molecule has 0 unspecified atom stereocenters. The van der Waals surface area contributed by atoms with E-state index in [0.717, 1.165) is 10.2 Å². The van der Waals surface area contributed by atoms with Gasteiger partial charge in [0.05, 0.1) is 11.3 Å². The number of hydrogen-bond acceptors (Lipinski definition) is 2. The van der Waals surface area contributed by atoms with Crippen LogP contribution in [0.4, 0.5) is 5.82 Å². The largest absolute Gasteiger partial charge is 0.305 e. The van der Waals surface area contributed by atoms with Crippen molar-refractivity contribution < 1.29 is 4.79 Å². The number of carbonyl (C=O) groups excluding carboxylic acids is 1. The molecule has 0 bridgehead atoms. The Hall–Kier alpha value is -2.11. The summed E-state index contributed by atoms with van der Waals surface area (Å²) >= 11 is 9.33. The minimum absolute atomic E-state index is 0.219. The van der Waals surface area contributed by atoms with E-state index in [1.54, 1.807) is 35.1 Å². The van der Waals surface area contributed by atoms with Crippen molar-refractivity contribution in [2.75, 3.05) is 5.32 Å². The van der Waals surface area contributed by atoms with Crippen molar-refractivity contribution in [1.29, 1.82) is 0 Å². The number of halogens is 2. The minimum Gasteiger partial charge on any atom is -0.305 e. The van der Waals surface area contributed by atoms with E-state index in [4.69, 9.17) is 11.6 Å². The van der Waals surface area contributed by atoms with Crippen molar-refractivity contribution >= 4 is 39.3 Å². The van der Waals surface area contributed by atoms with Crippen molar-refractivity contribution in [2.24, 2.45) is 0 Å². The molecule has 0 atom stereocenters. The summed E-state index contributed by atoms with van der Waals surface area (Å²) in [6.45, 7) is 0. The SMILES string of the molecule is O=C(Nc1ccn(-c2cccc(Cl)c2)n1)c1ccccc1Br. The lowest BCUT2D eigenvalue weighted by Gasteiger charge is -2.04. The average Bonchev–Trinajstić information content (AvgIpc) is 2.96. The van der Waals surface area contributed by atoms with Gasteiger partial charge in [0.25, 0.3) is 5.91 Å². The Kier molecular flexibility index (Phi) is 4.27. The van der Waals surface area contributed by atoms with Crippen LogP contribution in [0.15, 0.2) is 65.3 Å². The lowest BCUT2D eigenvalue weighted by Crippen LogP contribution is -2.13. The molecule has 0 fully saturated rings. The van der Waals surface area contributed by atoms with Crippen LogP contribution in [0.25, 0.3) is 5.69 Å². The first-order valence-corrected chi connectivity index (χ1v) is 7.68. The molecule has 0 aliphatic heterocycles. The number of amides is 1. The zero-order chi connectivity index (χ0) is 15.5. The Morgan fingerprint density at radius 3 is 2.73 bits per heavy atom. The Bertz CT molecular complexity index is 832. The lowest BCUT2D eigenvalue weighted by atomic mass is 10.2. The number of nitrogens with zero attached hydrogens (tertiary/aromatic N) is 2. The molecule has 4 nitrogen and oxygen atoms in total. The van der Waals surface area contributed by atoms with Gasteiger partial charge in [0.1, 0.15) is 0 Å². The lowest BCUT2D eigenvalue weighted by molar-refractivity contribution is 0.102. The van der Waals surface area contributed by atoms with Gasteiger partial charge in [-0.1, -0.05) is 29.8 Å². The van der Waals surface area contributed by atoms with Crippen LogP contribution in [0.3, 0.4) is 0 Å². The molecule has 0 saturated heterocycles. The summed E-state index contributed by atoms with van der Waals surface area (Å²) in [5.74, 6) is 0.254. The van der Waals surface area contributed by atoms with Gasteiger partial charge in [-0.05, 0) is 46.3 Å². The van der Waals surface area contributed by atoms with Crippen LogP contribution >= 0.6 is 27.5 Å². The van der Waals surface area contributed by atoms with E-state index in [9.17, 15) is 4.79 Å². The molecule has 0 spiro atoms. The standard InChI is InChI=1S/C16H11BrClN3O/c17-14-7-2-1-6-13(14)16(22)19-15-8-9-21(20-15)12-5-3-4-11(18)10-12/h1-10H,(H,19,20,22). The van der Waals surface area contributed by atoms with E-state index < -0.39 is 0 Å². The maximum atomic E-state index is 12.2. The second-order valence-corrected chi connectivity index (χ2v) is 5.85. The predicted octanol–water partition coefficient (Wildman–Crippen LogP) is 4.54. The summed E-state index contributed by atoms with van der Waals surface area (Å²) in [4.78, 5) is 12.2. The van der Waals surface area contributed by atoms with Gasteiger partial charge in [-0.3, -0.25) is 4.79 Å². The highest BCUT2D eigenvalue weighted by molar-refractivity contribution is 9.10. The zero-order valence-electron chi connectivity index (χ0n) is 11.3. The van der Waals surface area contributed by atoms with E-state index in [-0.39, 0.29) is 5.91 Å². The smallest absolute Gasteiger partial charge is 0.258 e. The Labute approximate surface area is 140 Å². The molecule has 0 saturated carbocycles. The van der Waals surface area contributed by atoms with Crippen molar-refractivity contribution in [2.45, 2.75) is 0 Å². The number of hydrogen-bond donors (Lipinski definition) is 1. The van der Waals surface area contributed by atoms with Gasteiger partial charge in [0, 0.05) is 21.8 Å². The summed E-state index contributed by atoms with van der Waals surface area (Å²) in [7, 11) is 0. The average molecular weight is 377 g/mol. The molecule has 3 aromatic rings. The molecule has 1 heterocycles. The first kappa shape index (κ1) is 14.8. The molecule has 110 valence electrons. The molecule has 22 heavy (non-hydrogen) atoms. The highest BCUT2D eigenvalue weighted by Gasteiger charge is 2.11. The summed E-state index contributed by atoms with van der Waals surface area (Å²) in [5, 5.41) is 7.73. The second kappa shape index (κ2) is 6.34. The van der Waals surface area contributed by atoms with Crippen LogP contribution in [0.5, 0.6) is 0 Å². The molecule has 3 rings (SSSR count). The molecule has 1 N–H and O–H groups in total. The molecular weight excluding hydrogens is 366 g/mol. The summed E-state index contributed by atoms with van der Waals surface area (Å²) in [6, 6.07) is 16.3.